The molecule has 2 aliphatic rings. The number of carbonyl (C=O) groups is 1. The van der Waals surface area contributed by atoms with Crippen LogP contribution in [0.4, 0.5) is 0 Å². The largest absolute Gasteiger partial charge is 0.395 e. The molecular formula is C14H19NO2S. The molecule has 3 rings (SSSR count). The van der Waals surface area contributed by atoms with Crippen molar-refractivity contribution in [1.82, 2.24) is 4.90 Å². The van der Waals surface area contributed by atoms with Crippen molar-refractivity contribution in [2.24, 2.45) is 0 Å². The topological polar surface area (TPSA) is 40.5 Å². The summed E-state index contributed by atoms with van der Waals surface area (Å²) in [6.07, 6.45) is 6.96. The lowest BCUT2D eigenvalue weighted by Gasteiger charge is -2.20. The molecule has 0 saturated heterocycles. The Labute approximate surface area is 111 Å². The predicted molar refractivity (Wildman–Crippen MR) is 72.1 cm³/mol. The SMILES string of the molecule is O=C(c1cc2c(s1)CCCC2)N(CCO)C1CC1. The molecule has 0 aliphatic heterocycles. The van der Waals surface area contributed by atoms with Crippen LogP contribution in [-0.2, 0) is 12.8 Å². The molecule has 0 atom stereocenters. The van der Waals surface area contributed by atoms with Gasteiger partial charge in [-0.25, -0.2) is 0 Å². The normalized spacial score (nSPS) is 18.5. The van der Waals surface area contributed by atoms with E-state index in [1.165, 1.54) is 23.3 Å². The molecule has 0 radical (unpaired) electrons. The minimum absolute atomic E-state index is 0.0628. The van der Waals surface area contributed by atoms with E-state index < -0.39 is 0 Å². The maximum Gasteiger partial charge on any atom is 0.264 e. The zero-order valence-corrected chi connectivity index (χ0v) is 11.3. The number of hydrogen-bond donors (Lipinski definition) is 1. The maximum absolute atomic E-state index is 12.5. The predicted octanol–water partition coefficient (Wildman–Crippen LogP) is 2.22. The van der Waals surface area contributed by atoms with Gasteiger partial charge in [0, 0.05) is 17.5 Å². The Balaban J connectivity index is 1.80. The third-order valence-corrected chi connectivity index (χ3v) is 5.02. The number of thiophene rings is 1. The first kappa shape index (κ1) is 12.2. The summed E-state index contributed by atoms with van der Waals surface area (Å²) >= 11 is 1.67. The van der Waals surface area contributed by atoms with Crippen molar-refractivity contribution in [3.05, 3.63) is 21.4 Å². The van der Waals surface area contributed by atoms with Gasteiger partial charge < -0.3 is 10.0 Å². The highest BCUT2D eigenvalue weighted by molar-refractivity contribution is 7.14. The lowest BCUT2D eigenvalue weighted by Crippen LogP contribution is -2.35. The number of nitrogens with zero attached hydrogens (tertiary/aromatic N) is 1. The molecule has 1 saturated carbocycles. The number of hydrogen-bond acceptors (Lipinski definition) is 3. The molecule has 18 heavy (non-hydrogen) atoms. The van der Waals surface area contributed by atoms with E-state index in [1.807, 2.05) is 4.90 Å². The third kappa shape index (κ3) is 2.31. The summed E-state index contributed by atoms with van der Waals surface area (Å²) in [5.74, 6) is 0.131. The van der Waals surface area contributed by atoms with Gasteiger partial charge in [-0.2, -0.15) is 0 Å². The molecule has 1 heterocycles. The molecule has 0 unspecified atom stereocenters. The van der Waals surface area contributed by atoms with Crippen LogP contribution < -0.4 is 0 Å². The van der Waals surface area contributed by atoms with Crippen molar-refractivity contribution in [3.8, 4) is 0 Å². The number of aryl methyl sites for hydroxylation is 2. The number of fused-ring (bicyclic) bond motifs is 1. The van der Waals surface area contributed by atoms with Crippen molar-refractivity contribution in [2.45, 2.75) is 44.6 Å². The zero-order chi connectivity index (χ0) is 12.5. The van der Waals surface area contributed by atoms with Crippen molar-refractivity contribution in [1.29, 1.82) is 0 Å². The number of aliphatic hydroxyl groups excluding tert-OH is 1. The number of amides is 1. The first-order valence-electron chi connectivity index (χ1n) is 6.83. The molecule has 0 bridgehead atoms. The van der Waals surface area contributed by atoms with Crippen LogP contribution in [0.15, 0.2) is 6.07 Å². The van der Waals surface area contributed by atoms with Crippen LogP contribution in [-0.4, -0.2) is 35.1 Å². The van der Waals surface area contributed by atoms with E-state index in [-0.39, 0.29) is 12.5 Å². The van der Waals surface area contributed by atoms with E-state index >= 15 is 0 Å². The van der Waals surface area contributed by atoms with Gasteiger partial charge in [-0.15, -0.1) is 11.3 Å². The van der Waals surface area contributed by atoms with Crippen LogP contribution in [0.2, 0.25) is 0 Å². The van der Waals surface area contributed by atoms with Crippen LogP contribution in [0.5, 0.6) is 0 Å². The molecule has 1 aromatic heterocycles. The lowest BCUT2D eigenvalue weighted by atomic mass is 9.99. The van der Waals surface area contributed by atoms with Gasteiger partial charge in [-0.05, 0) is 50.2 Å². The highest BCUT2D eigenvalue weighted by atomic mass is 32.1. The Morgan fingerprint density at radius 1 is 1.39 bits per heavy atom. The smallest absolute Gasteiger partial charge is 0.264 e. The highest BCUT2D eigenvalue weighted by Crippen LogP contribution is 2.33. The second kappa shape index (κ2) is 5.02. The van der Waals surface area contributed by atoms with Crippen LogP contribution in [0.25, 0.3) is 0 Å². The molecule has 2 aliphatic carbocycles. The monoisotopic (exact) mass is 265 g/mol. The summed E-state index contributed by atoms with van der Waals surface area (Å²) < 4.78 is 0. The fourth-order valence-corrected chi connectivity index (χ4v) is 3.89. The minimum Gasteiger partial charge on any atom is -0.395 e. The molecule has 1 amide bonds. The number of carbonyl (C=O) groups excluding carboxylic acids is 1. The molecular weight excluding hydrogens is 246 g/mol. The molecule has 1 N–H and O–H groups in total. The van der Waals surface area contributed by atoms with E-state index in [4.69, 9.17) is 5.11 Å². The fourth-order valence-electron chi connectivity index (χ4n) is 2.68. The van der Waals surface area contributed by atoms with E-state index in [2.05, 4.69) is 6.07 Å². The lowest BCUT2D eigenvalue weighted by molar-refractivity contribution is 0.0712. The van der Waals surface area contributed by atoms with Gasteiger partial charge in [0.1, 0.15) is 0 Å². The summed E-state index contributed by atoms with van der Waals surface area (Å²) in [5, 5.41) is 9.08. The van der Waals surface area contributed by atoms with Crippen molar-refractivity contribution in [3.63, 3.8) is 0 Å². The molecule has 1 aromatic rings. The van der Waals surface area contributed by atoms with E-state index in [9.17, 15) is 4.79 Å². The maximum atomic E-state index is 12.5. The minimum atomic E-state index is 0.0628. The second-order valence-corrected chi connectivity index (χ2v) is 6.36. The van der Waals surface area contributed by atoms with E-state index in [1.54, 1.807) is 11.3 Å². The van der Waals surface area contributed by atoms with Gasteiger partial charge in [0.15, 0.2) is 0 Å². The van der Waals surface area contributed by atoms with E-state index in [0.717, 1.165) is 30.6 Å². The average Bonchev–Trinajstić information content (AvgIpc) is 3.13. The molecule has 1 fully saturated rings. The summed E-state index contributed by atoms with van der Waals surface area (Å²) in [4.78, 5) is 16.6. The Morgan fingerprint density at radius 3 is 2.83 bits per heavy atom. The Bertz CT molecular complexity index is 427. The Kier molecular flexibility index (Phi) is 3.39. The summed E-state index contributed by atoms with van der Waals surface area (Å²) in [6, 6.07) is 2.47. The highest BCUT2D eigenvalue weighted by Gasteiger charge is 2.33. The first-order valence-corrected chi connectivity index (χ1v) is 7.64. The standard InChI is InChI=1S/C14H19NO2S/c16-8-7-15(11-5-6-11)14(17)13-9-10-3-1-2-4-12(10)18-13/h9,11,16H,1-8H2. The van der Waals surface area contributed by atoms with E-state index in [0.29, 0.717) is 12.6 Å². The van der Waals surface area contributed by atoms with Crippen molar-refractivity contribution >= 4 is 17.2 Å². The van der Waals surface area contributed by atoms with Gasteiger partial charge in [-0.1, -0.05) is 0 Å². The fraction of sp³-hybridized carbons (Fsp3) is 0.643. The van der Waals surface area contributed by atoms with Gasteiger partial charge in [0.25, 0.3) is 5.91 Å². The average molecular weight is 265 g/mol. The van der Waals surface area contributed by atoms with Gasteiger partial charge in [0.2, 0.25) is 0 Å². The van der Waals surface area contributed by atoms with Crippen LogP contribution in [0.1, 0.15) is 45.8 Å². The Morgan fingerprint density at radius 2 is 2.17 bits per heavy atom. The summed E-state index contributed by atoms with van der Waals surface area (Å²) in [5.41, 5.74) is 1.38. The van der Waals surface area contributed by atoms with Crippen molar-refractivity contribution < 1.29 is 9.90 Å². The first-order chi connectivity index (χ1) is 8.79. The number of rotatable bonds is 4. The molecule has 3 nitrogen and oxygen atoms in total. The molecule has 4 heteroatoms. The zero-order valence-electron chi connectivity index (χ0n) is 10.5. The van der Waals surface area contributed by atoms with Crippen molar-refractivity contribution in [2.75, 3.05) is 13.2 Å². The van der Waals surface area contributed by atoms with Gasteiger partial charge >= 0.3 is 0 Å². The van der Waals surface area contributed by atoms with Gasteiger partial charge in [0.05, 0.1) is 11.5 Å². The summed E-state index contributed by atoms with van der Waals surface area (Å²) in [7, 11) is 0. The summed E-state index contributed by atoms with van der Waals surface area (Å²) in [6.45, 7) is 0.541. The van der Waals surface area contributed by atoms with Crippen LogP contribution >= 0.6 is 11.3 Å². The quantitative estimate of drug-likeness (QED) is 0.907. The third-order valence-electron chi connectivity index (χ3n) is 3.80. The Hall–Kier alpha value is -0.870. The molecule has 98 valence electrons. The molecule has 0 spiro atoms. The van der Waals surface area contributed by atoms with Gasteiger partial charge in [-0.3, -0.25) is 4.79 Å². The van der Waals surface area contributed by atoms with Crippen LogP contribution in [0, 0.1) is 0 Å². The second-order valence-electron chi connectivity index (χ2n) is 5.22. The molecule has 0 aromatic carbocycles. The number of aliphatic hydroxyl groups is 1. The van der Waals surface area contributed by atoms with Crippen LogP contribution in [0.3, 0.4) is 0 Å².